The Morgan fingerprint density at radius 1 is 1.32 bits per heavy atom. The van der Waals surface area contributed by atoms with Gasteiger partial charge in [-0.05, 0) is 54.7 Å². The molecule has 0 radical (unpaired) electrons. The molecule has 2 amide bonds. The quantitative estimate of drug-likeness (QED) is 0.767. The van der Waals surface area contributed by atoms with Gasteiger partial charge in [-0.15, -0.1) is 0 Å². The van der Waals surface area contributed by atoms with Crippen molar-refractivity contribution < 1.29 is 4.79 Å². The van der Waals surface area contributed by atoms with Gasteiger partial charge in [0.05, 0.1) is 0 Å². The molecule has 3 nitrogen and oxygen atoms in total. The van der Waals surface area contributed by atoms with Crippen LogP contribution >= 0.6 is 11.6 Å². The van der Waals surface area contributed by atoms with Gasteiger partial charge in [0.1, 0.15) is 0 Å². The van der Waals surface area contributed by atoms with Gasteiger partial charge < -0.3 is 10.6 Å². The average molecular weight is 323 g/mol. The number of carbonyl (C=O) groups excluding carboxylic acids is 1. The first-order valence-electron chi connectivity index (χ1n) is 8.25. The van der Waals surface area contributed by atoms with Crippen molar-refractivity contribution in [1.29, 1.82) is 0 Å². The third-order valence-electron chi connectivity index (χ3n) is 4.47. The highest BCUT2D eigenvalue weighted by Gasteiger charge is 2.37. The van der Waals surface area contributed by atoms with E-state index < -0.39 is 0 Å². The number of nitrogens with one attached hydrogen (secondary N) is 2. The summed E-state index contributed by atoms with van der Waals surface area (Å²) in [5, 5.41) is 6.72. The molecule has 122 valence electrons. The van der Waals surface area contributed by atoms with E-state index in [-0.39, 0.29) is 6.03 Å². The lowest BCUT2D eigenvalue weighted by Gasteiger charge is -2.43. The molecule has 0 saturated heterocycles. The van der Waals surface area contributed by atoms with E-state index in [0.29, 0.717) is 17.9 Å². The SMILES string of the molecule is CC(C)CC1(CNC(=O)NCCc2cccc(Cl)c2)CCC1. The van der Waals surface area contributed by atoms with Crippen LogP contribution < -0.4 is 10.6 Å². The van der Waals surface area contributed by atoms with Gasteiger partial charge in [0.25, 0.3) is 0 Å². The Hall–Kier alpha value is -1.22. The summed E-state index contributed by atoms with van der Waals surface area (Å²) in [4.78, 5) is 11.9. The second-order valence-electron chi connectivity index (χ2n) is 6.94. The number of hydrogen-bond acceptors (Lipinski definition) is 1. The normalized spacial score (nSPS) is 16.2. The zero-order valence-electron chi connectivity index (χ0n) is 13.6. The van der Waals surface area contributed by atoms with Gasteiger partial charge in [0.2, 0.25) is 0 Å². The van der Waals surface area contributed by atoms with E-state index in [1.807, 2.05) is 24.3 Å². The summed E-state index contributed by atoms with van der Waals surface area (Å²) in [5.41, 5.74) is 1.49. The highest BCUT2D eigenvalue weighted by atomic mass is 35.5. The fourth-order valence-corrected chi connectivity index (χ4v) is 3.55. The van der Waals surface area contributed by atoms with Crippen LogP contribution in [0.15, 0.2) is 24.3 Å². The minimum Gasteiger partial charge on any atom is -0.338 e. The van der Waals surface area contributed by atoms with E-state index in [2.05, 4.69) is 24.5 Å². The first kappa shape index (κ1) is 17.1. The molecule has 4 heteroatoms. The van der Waals surface area contributed by atoms with Gasteiger partial charge >= 0.3 is 6.03 Å². The summed E-state index contributed by atoms with van der Waals surface area (Å²) in [5.74, 6) is 0.688. The number of urea groups is 1. The molecule has 1 saturated carbocycles. The number of rotatable bonds is 7. The number of halogens is 1. The molecule has 0 unspecified atom stereocenters. The first-order chi connectivity index (χ1) is 10.5. The smallest absolute Gasteiger partial charge is 0.314 e. The van der Waals surface area contributed by atoms with E-state index in [1.165, 1.54) is 25.7 Å². The molecule has 0 heterocycles. The van der Waals surface area contributed by atoms with Crippen molar-refractivity contribution in [2.75, 3.05) is 13.1 Å². The van der Waals surface area contributed by atoms with Gasteiger partial charge in [0.15, 0.2) is 0 Å². The summed E-state index contributed by atoms with van der Waals surface area (Å²) < 4.78 is 0. The van der Waals surface area contributed by atoms with Crippen LogP contribution in [0.5, 0.6) is 0 Å². The lowest BCUT2D eigenvalue weighted by molar-refractivity contribution is 0.101. The van der Waals surface area contributed by atoms with E-state index in [4.69, 9.17) is 11.6 Å². The second kappa shape index (κ2) is 7.87. The summed E-state index contributed by atoms with van der Waals surface area (Å²) in [6.07, 6.45) is 5.79. The molecule has 0 atom stereocenters. The molecule has 0 aliphatic heterocycles. The van der Waals surface area contributed by atoms with E-state index in [0.717, 1.165) is 23.6 Å². The molecule has 1 fully saturated rings. The lowest BCUT2D eigenvalue weighted by atomic mass is 9.64. The lowest BCUT2D eigenvalue weighted by Crippen LogP contribution is -2.46. The van der Waals surface area contributed by atoms with Gasteiger partial charge in [-0.3, -0.25) is 0 Å². The van der Waals surface area contributed by atoms with Crippen LogP contribution in [0.1, 0.15) is 45.1 Å². The fourth-order valence-electron chi connectivity index (χ4n) is 3.34. The Morgan fingerprint density at radius 2 is 2.09 bits per heavy atom. The molecule has 1 aliphatic rings. The monoisotopic (exact) mass is 322 g/mol. The molecule has 0 aromatic heterocycles. The van der Waals surface area contributed by atoms with Crippen LogP contribution in [0.2, 0.25) is 5.02 Å². The maximum absolute atomic E-state index is 11.9. The number of benzene rings is 1. The van der Waals surface area contributed by atoms with Gasteiger partial charge in [-0.1, -0.05) is 44.0 Å². The molecule has 1 aliphatic carbocycles. The Kier molecular flexibility index (Phi) is 6.13. The summed E-state index contributed by atoms with van der Waals surface area (Å²) in [6, 6.07) is 7.70. The maximum Gasteiger partial charge on any atom is 0.314 e. The predicted molar refractivity (Wildman–Crippen MR) is 92.3 cm³/mol. The summed E-state index contributed by atoms with van der Waals surface area (Å²) in [7, 11) is 0. The van der Waals surface area contributed by atoms with E-state index in [9.17, 15) is 4.79 Å². The first-order valence-corrected chi connectivity index (χ1v) is 8.63. The maximum atomic E-state index is 11.9. The predicted octanol–water partition coefficient (Wildman–Crippen LogP) is 4.40. The van der Waals surface area contributed by atoms with Crippen molar-refractivity contribution in [3.63, 3.8) is 0 Å². The van der Waals surface area contributed by atoms with Crippen molar-refractivity contribution in [2.24, 2.45) is 11.3 Å². The number of hydrogen-bond donors (Lipinski definition) is 2. The number of carbonyl (C=O) groups is 1. The minimum absolute atomic E-state index is 0.0583. The Bertz CT molecular complexity index is 498. The van der Waals surface area contributed by atoms with Gasteiger partial charge in [0, 0.05) is 18.1 Å². The van der Waals surface area contributed by atoms with Crippen LogP contribution in [-0.4, -0.2) is 19.1 Å². The zero-order valence-corrected chi connectivity index (χ0v) is 14.4. The summed E-state index contributed by atoms with van der Waals surface area (Å²) in [6.45, 7) is 5.94. The van der Waals surface area contributed by atoms with Gasteiger partial charge in [-0.25, -0.2) is 4.79 Å². The molecule has 22 heavy (non-hydrogen) atoms. The minimum atomic E-state index is -0.0583. The van der Waals surface area contributed by atoms with E-state index >= 15 is 0 Å². The third kappa shape index (κ3) is 5.20. The summed E-state index contributed by atoms with van der Waals surface area (Å²) >= 11 is 5.95. The highest BCUT2D eigenvalue weighted by Crippen LogP contribution is 2.45. The van der Waals surface area contributed by atoms with Crippen LogP contribution in [0.25, 0.3) is 0 Å². The van der Waals surface area contributed by atoms with Crippen molar-refractivity contribution >= 4 is 17.6 Å². The van der Waals surface area contributed by atoms with Crippen LogP contribution in [0, 0.1) is 11.3 Å². The average Bonchev–Trinajstić information content (AvgIpc) is 2.41. The van der Waals surface area contributed by atoms with Crippen molar-refractivity contribution in [2.45, 2.75) is 46.0 Å². The molecule has 2 rings (SSSR count). The Balaban J connectivity index is 1.67. The molecular weight excluding hydrogens is 296 g/mol. The van der Waals surface area contributed by atoms with Crippen LogP contribution in [0.3, 0.4) is 0 Å². The van der Waals surface area contributed by atoms with Gasteiger partial charge in [-0.2, -0.15) is 0 Å². The van der Waals surface area contributed by atoms with Crippen LogP contribution in [-0.2, 0) is 6.42 Å². The fraction of sp³-hybridized carbons (Fsp3) is 0.611. The van der Waals surface area contributed by atoms with Crippen molar-refractivity contribution in [1.82, 2.24) is 10.6 Å². The topological polar surface area (TPSA) is 41.1 Å². The highest BCUT2D eigenvalue weighted by molar-refractivity contribution is 6.30. The van der Waals surface area contributed by atoms with Crippen molar-refractivity contribution in [3.05, 3.63) is 34.9 Å². The largest absolute Gasteiger partial charge is 0.338 e. The van der Waals surface area contributed by atoms with Crippen LogP contribution in [0.4, 0.5) is 4.79 Å². The Labute approximate surface area is 138 Å². The molecule has 1 aromatic rings. The molecule has 2 N–H and O–H groups in total. The van der Waals surface area contributed by atoms with E-state index in [1.54, 1.807) is 0 Å². The molecule has 0 bridgehead atoms. The molecule has 0 spiro atoms. The number of amides is 2. The third-order valence-corrected chi connectivity index (χ3v) is 4.70. The molecule has 1 aromatic carbocycles. The molecular formula is C18H27ClN2O. The standard InChI is InChI=1S/C18H27ClN2O/c1-14(2)12-18(8-4-9-18)13-21-17(22)20-10-7-15-5-3-6-16(19)11-15/h3,5-6,11,14H,4,7-10,12-13H2,1-2H3,(H2,20,21,22). The van der Waals surface area contributed by atoms with Crippen molar-refractivity contribution in [3.8, 4) is 0 Å². The Morgan fingerprint density at radius 3 is 2.68 bits per heavy atom. The zero-order chi connectivity index (χ0) is 16.0. The second-order valence-corrected chi connectivity index (χ2v) is 7.38.